The fourth-order valence-corrected chi connectivity index (χ4v) is 3.20. The Hall–Kier alpha value is -2.34. The van der Waals surface area contributed by atoms with Crippen LogP contribution in [0.1, 0.15) is 11.1 Å². The van der Waals surface area contributed by atoms with Gasteiger partial charge in [0.15, 0.2) is 22.5 Å². The molecule has 124 valence electrons. The van der Waals surface area contributed by atoms with Crippen LogP contribution in [-0.2, 0) is 12.8 Å². The highest BCUT2D eigenvalue weighted by Gasteiger charge is 2.12. The van der Waals surface area contributed by atoms with Gasteiger partial charge >= 0.3 is 0 Å². The summed E-state index contributed by atoms with van der Waals surface area (Å²) in [5, 5.41) is 9.31. The van der Waals surface area contributed by atoms with Crippen LogP contribution >= 0.6 is 11.8 Å². The number of thioether (sulfide) groups is 1. The molecule has 4 nitrogen and oxygen atoms in total. The highest BCUT2D eigenvalue weighted by Crippen LogP contribution is 2.27. The molecular formula is C18H18FN3OS. The molecule has 0 unspecified atom stereocenters. The first-order valence-corrected chi connectivity index (χ1v) is 8.48. The molecule has 0 saturated carbocycles. The first-order valence-electron chi connectivity index (χ1n) is 7.50. The van der Waals surface area contributed by atoms with Crippen LogP contribution in [0.5, 0.6) is 5.75 Å². The molecule has 1 heterocycles. The van der Waals surface area contributed by atoms with E-state index in [-0.39, 0.29) is 11.6 Å². The van der Waals surface area contributed by atoms with Gasteiger partial charge in [0.05, 0.1) is 7.11 Å². The van der Waals surface area contributed by atoms with Crippen molar-refractivity contribution in [3.8, 4) is 17.1 Å². The van der Waals surface area contributed by atoms with Crippen molar-refractivity contribution >= 4 is 11.8 Å². The quantitative estimate of drug-likeness (QED) is 0.650. The summed E-state index contributed by atoms with van der Waals surface area (Å²) in [5.74, 6) is 1.33. The number of rotatable bonds is 5. The molecule has 0 aliphatic carbocycles. The molecule has 0 saturated heterocycles. The van der Waals surface area contributed by atoms with Gasteiger partial charge in [-0.25, -0.2) is 4.39 Å². The van der Waals surface area contributed by atoms with Gasteiger partial charge in [-0.1, -0.05) is 47.7 Å². The molecule has 0 aliphatic heterocycles. The van der Waals surface area contributed by atoms with E-state index in [2.05, 4.69) is 29.3 Å². The van der Waals surface area contributed by atoms with Crippen molar-refractivity contribution in [3.05, 3.63) is 59.4 Å². The van der Waals surface area contributed by atoms with Crippen LogP contribution in [-0.4, -0.2) is 21.9 Å². The van der Waals surface area contributed by atoms with Crippen molar-refractivity contribution in [2.24, 2.45) is 7.05 Å². The number of benzene rings is 2. The predicted molar refractivity (Wildman–Crippen MR) is 93.7 cm³/mol. The van der Waals surface area contributed by atoms with Crippen molar-refractivity contribution in [1.82, 2.24) is 14.8 Å². The van der Waals surface area contributed by atoms with Crippen molar-refractivity contribution in [2.75, 3.05) is 7.11 Å². The average Bonchev–Trinajstić information content (AvgIpc) is 2.95. The Morgan fingerprint density at radius 1 is 1.12 bits per heavy atom. The van der Waals surface area contributed by atoms with Gasteiger partial charge in [-0.15, -0.1) is 10.2 Å². The highest BCUT2D eigenvalue weighted by atomic mass is 32.2. The van der Waals surface area contributed by atoms with E-state index in [9.17, 15) is 4.39 Å². The topological polar surface area (TPSA) is 39.9 Å². The maximum absolute atomic E-state index is 13.7. The number of hydrogen-bond acceptors (Lipinski definition) is 4. The van der Waals surface area contributed by atoms with Crippen LogP contribution in [0.15, 0.2) is 47.6 Å². The fourth-order valence-electron chi connectivity index (χ4n) is 2.34. The molecule has 0 spiro atoms. The van der Waals surface area contributed by atoms with Crippen LogP contribution in [0.2, 0.25) is 0 Å². The van der Waals surface area contributed by atoms with E-state index >= 15 is 0 Å². The largest absolute Gasteiger partial charge is 0.494 e. The van der Waals surface area contributed by atoms with Gasteiger partial charge in [0.25, 0.3) is 0 Å². The first-order chi connectivity index (χ1) is 11.6. The predicted octanol–water partition coefficient (Wildman–Crippen LogP) is 4.23. The fraction of sp³-hybridized carbons (Fsp3) is 0.222. The van der Waals surface area contributed by atoms with Crippen molar-refractivity contribution in [1.29, 1.82) is 0 Å². The van der Waals surface area contributed by atoms with Crippen molar-refractivity contribution in [2.45, 2.75) is 17.8 Å². The van der Waals surface area contributed by atoms with Crippen LogP contribution in [0.4, 0.5) is 4.39 Å². The van der Waals surface area contributed by atoms with E-state index in [0.717, 1.165) is 22.1 Å². The van der Waals surface area contributed by atoms with E-state index in [0.29, 0.717) is 5.75 Å². The number of aromatic nitrogens is 3. The molecule has 24 heavy (non-hydrogen) atoms. The zero-order valence-electron chi connectivity index (χ0n) is 13.8. The van der Waals surface area contributed by atoms with Crippen LogP contribution in [0.3, 0.4) is 0 Å². The van der Waals surface area contributed by atoms with Crippen molar-refractivity contribution < 1.29 is 9.13 Å². The average molecular weight is 343 g/mol. The van der Waals surface area contributed by atoms with E-state index in [4.69, 9.17) is 4.74 Å². The second-order valence-electron chi connectivity index (χ2n) is 5.49. The maximum Gasteiger partial charge on any atom is 0.191 e. The van der Waals surface area contributed by atoms with Crippen LogP contribution < -0.4 is 4.74 Å². The number of methoxy groups -OCH3 is 1. The Morgan fingerprint density at radius 2 is 1.88 bits per heavy atom. The number of nitrogens with zero attached hydrogens (tertiary/aromatic N) is 3. The van der Waals surface area contributed by atoms with Gasteiger partial charge in [-0.2, -0.15) is 0 Å². The molecule has 3 aromatic rings. The molecule has 1 aromatic heterocycles. The molecule has 3 rings (SSSR count). The second-order valence-corrected chi connectivity index (χ2v) is 6.43. The monoisotopic (exact) mass is 343 g/mol. The van der Waals surface area contributed by atoms with E-state index in [1.54, 1.807) is 6.07 Å². The number of halogens is 1. The third-order valence-electron chi connectivity index (χ3n) is 3.73. The minimum Gasteiger partial charge on any atom is -0.494 e. The summed E-state index contributed by atoms with van der Waals surface area (Å²) in [5.41, 5.74) is 3.10. The Bertz CT molecular complexity index is 846. The molecule has 2 aromatic carbocycles. The number of hydrogen-bond donors (Lipinski definition) is 0. The minimum atomic E-state index is -0.353. The van der Waals surface area contributed by atoms with E-state index in [1.807, 2.05) is 29.8 Å². The van der Waals surface area contributed by atoms with E-state index < -0.39 is 0 Å². The zero-order chi connectivity index (χ0) is 17.1. The lowest BCUT2D eigenvalue weighted by atomic mass is 10.1. The maximum atomic E-state index is 13.7. The standard InChI is InChI=1S/C18H18FN3OS/c1-12-4-7-14(8-5-12)17-20-21-18(22(17)2)24-11-13-6-9-16(23-3)15(19)10-13/h4-10H,11H2,1-3H3. The van der Waals surface area contributed by atoms with Gasteiger partial charge < -0.3 is 9.30 Å². The van der Waals surface area contributed by atoms with Crippen LogP contribution in [0.25, 0.3) is 11.4 Å². The summed E-state index contributed by atoms with van der Waals surface area (Å²) in [6.45, 7) is 2.05. The summed E-state index contributed by atoms with van der Waals surface area (Å²) in [6, 6.07) is 13.2. The first kappa shape index (κ1) is 16.5. The smallest absolute Gasteiger partial charge is 0.191 e. The Kier molecular flexibility index (Phi) is 4.85. The molecule has 0 amide bonds. The number of aryl methyl sites for hydroxylation is 1. The molecule has 0 bridgehead atoms. The third-order valence-corrected chi connectivity index (χ3v) is 4.82. The summed E-state index contributed by atoms with van der Waals surface area (Å²) in [4.78, 5) is 0. The summed E-state index contributed by atoms with van der Waals surface area (Å²) < 4.78 is 20.6. The number of ether oxygens (including phenoxy) is 1. The third kappa shape index (κ3) is 3.43. The Morgan fingerprint density at radius 3 is 2.54 bits per heavy atom. The molecule has 6 heteroatoms. The molecule has 0 atom stereocenters. The van der Waals surface area contributed by atoms with Gasteiger partial charge in [-0.3, -0.25) is 0 Å². The Balaban J connectivity index is 1.75. The van der Waals surface area contributed by atoms with Gasteiger partial charge in [0.2, 0.25) is 0 Å². The molecule has 0 aliphatic rings. The Labute approximate surface area is 144 Å². The normalized spacial score (nSPS) is 10.8. The summed E-state index contributed by atoms with van der Waals surface area (Å²) in [7, 11) is 3.39. The van der Waals surface area contributed by atoms with Gasteiger partial charge in [0, 0.05) is 18.4 Å². The molecule has 0 fully saturated rings. The minimum absolute atomic E-state index is 0.254. The van der Waals surface area contributed by atoms with E-state index in [1.165, 1.54) is 30.5 Å². The SMILES string of the molecule is COc1ccc(CSc2nnc(-c3ccc(C)cc3)n2C)cc1F. The second kappa shape index (κ2) is 7.05. The summed E-state index contributed by atoms with van der Waals surface area (Å²) in [6.07, 6.45) is 0. The van der Waals surface area contributed by atoms with Crippen LogP contribution in [0, 0.1) is 12.7 Å². The lowest BCUT2D eigenvalue weighted by Crippen LogP contribution is -1.95. The highest BCUT2D eigenvalue weighted by molar-refractivity contribution is 7.98. The molecular weight excluding hydrogens is 325 g/mol. The van der Waals surface area contributed by atoms with Gasteiger partial charge in [-0.05, 0) is 24.6 Å². The van der Waals surface area contributed by atoms with Gasteiger partial charge in [0.1, 0.15) is 0 Å². The molecule has 0 radical (unpaired) electrons. The molecule has 0 N–H and O–H groups in total. The lowest BCUT2D eigenvalue weighted by Gasteiger charge is -2.06. The van der Waals surface area contributed by atoms with Crippen molar-refractivity contribution in [3.63, 3.8) is 0 Å². The lowest BCUT2D eigenvalue weighted by molar-refractivity contribution is 0.386. The zero-order valence-corrected chi connectivity index (χ0v) is 14.6. The summed E-state index contributed by atoms with van der Waals surface area (Å²) >= 11 is 1.52.